The van der Waals surface area contributed by atoms with Crippen LogP contribution in [0.3, 0.4) is 0 Å². The summed E-state index contributed by atoms with van der Waals surface area (Å²) in [5.74, 6) is -0.103. The molecule has 0 bridgehead atoms. The summed E-state index contributed by atoms with van der Waals surface area (Å²) in [6.07, 6.45) is -3.21. The SMILES string of the molecule is CO[C@@H]1C[C@H]2CN(C(=O)c3cccc(C(F)(F)F)c3)C[C@H]2C[C@H]1NC(C)=O. The third-order valence-corrected chi connectivity index (χ3v) is 5.53. The van der Waals surface area contributed by atoms with Gasteiger partial charge in [-0.2, -0.15) is 13.2 Å². The lowest BCUT2D eigenvalue weighted by atomic mass is 9.77. The molecule has 5 nitrogen and oxygen atoms in total. The molecule has 27 heavy (non-hydrogen) atoms. The number of benzene rings is 1. The maximum atomic E-state index is 12.9. The van der Waals surface area contributed by atoms with Crippen molar-refractivity contribution < 1.29 is 27.5 Å². The first-order chi connectivity index (χ1) is 12.7. The molecule has 0 spiro atoms. The lowest BCUT2D eigenvalue weighted by Crippen LogP contribution is -2.49. The van der Waals surface area contributed by atoms with E-state index in [0.29, 0.717) is 25.9 Å². The molecule has 1 saturated heterocycles. The van der Waals surface area contributed by atoms with Gasteiger partial charge in [-0.05, 0) is 42.9 Å². The van der Waals surface area contributed by atoms with Crippen LogP contribution in [0.2, 0.25) is 0 Å². The first-order valence-corrected chi connectivity index (χ1v) is 8.95. The zero-order chi connectivity index (χ0) is 19.8. The molecule has 2 amide bonds. The van der Waals surface area contributed by atoms with Gasteiger partial charge in [0.15, 0.2) is 0 Å². The van der Waals surface area contributed by atoms with Gasteiger partial charge in [-0.3, -0.25) is 9.59 Å². The zero-order valence-electron chi connectivity index (χ0n) is 15.3. The standard InChI is InChI=1S/C19H23F3N2O3/c1-11(25)23-16-7-13-9-24(10-14(13)8-17(16)27-2)18(26)12-4-3-5-15(6-12)19(20,21)22/h3-6,13-14,16-17H,7-10H2,1-2H3,(H,23,25)/t13-,14+,16-,17-/m1/s1. The van der Waals surface area contributed by atoms with E-state index in [0.717, 1.165) is 12.1 Å². The van der Waals surface area contributed by atoms with Gasteiger partial charge in [0.2, 0.25) is 5.91 Å². The maximum absolute atomic E-state index is 12.9. The Morgan fingerprint density at radius 1 is 1.19 bits per heavy atom. The van der Waals surface area contributed by atoms with Crippen LogP contribution in [0.25, 0.3) is 0 Å². The van der Waals surface area contributed by atoms with Gasteiger partial charge in [-0.25, -0.2) is 0 Å². The van der Waals surface area contributed by atoms with E-state index in [1.807, 2.05) is 0 Å². The fraction of sp³-hybridized carbons (Fsp3) is 0.579. The number of likely N-dealkylation sites (tertiary alicyclic amines) is 1. The Morgan fingerprint density at radius 3 is 2.44 bits per heavy atom. The van der Waals surface area contributed by atoms with Crippen LogP contribution < -0.4 is 5.32 Å². The largest absolute Gasteiger partial charge is 0.416 e. The van der Waals surface area contributed by atoms with Crippen molar-refractivity contribution in [2.24, 2.45) is 11.8 Å². The van der Waals surface area contributed by atoms with Crippen LogP contribution in [0, 0.1) is 11.8 Å². The molecular formula is C19H23F3N2O3. The van der Waals surface area contributed by atoms with Gasteiger partial charge in [0.1, 0.15) is 0 Å². The Labute approximate surface area is 155 Å². The van der Waals surface area contributed by atoms with Crippen molar-refractivity contribution in [1.82, 2.24) is 10.2 Å². The Kier molecular flexibility index (Phi) is 5.46. The van der Waals surface area contributed by atoms with Gasteiger partial charge >= 0.3 is 6.18 Å². The number of nitrogens with one attached hydrogen (secondary N) is 1. The predicted octanol–water partition coefficient (Wildman–Crippen LogP) is 2.71. The predicted molar refractivity (Wildman–Crippen MR) is 92.0 cm³/mol. The molecule has 1 aliphatic carbocycles. The molecule has 148 valence electrons. The van der Waals surface area contributed by atoms with E-state index in [4.69, 9.17) is 4.74 Å². The molecule has 1 N–H and O–H groups in total. The highest BCUT2D eigenvalue weighted by atomic mass is 19.4. The van der Waals surface area contributed by atoms with Gasteiger partial charge in [0, 0.05) is 32.7 Å². The van der Waals surface area contributed by atoms with Gasteiger partial charge < -0.3 is 15.0 Å². The Balaban J connectivity index is 1.72. The minimum atomic E-state index is -4.48. The van der Waals surface area contributed by atoms with Crippen molar-refractivity contribution in [2.75, 3.05) is 20.2 Å². The third kappa shape index (κ3) is 4.26. The summed E-state index contributed by atoms with van der Waals surface area (Å²) in [5.41, 5.74) is -0.777. The quantitative estimate of drug-likeness (QED) is 0.872. The highest BCUT2D eigenvalue weighted by molar-refractivity contribution is 5.94. The van der Waals surface area contributed by atoms with E-state index < -0.39 is 11.7 Å². The van der Waals surface area contributed by atoms with Crippen LogP contribution in [0.5, 0.6) is 0 Å². The molecule has 1 aromatic rings. The summed E-state index contributed by atoms with van der Waals surface area (Å²) in [6, 6.07) is 4.42. The van der Waals surface area contributed by atoms with Gasteiger partial charge in [0.05, 0.1) is 17.7 Å². The van der Waals surface area contributed by atoms with E-state index in [2.05, 4.69) is 5.32 Å². The topological polar surface area (TPSA) is 58.6 Å². The number of rotatable bonds is 3. The summed E-state index contributed by atoms with van der Waals surface area (Å²) >= 11 is 0. The average Bonchev–Trinajstić information content (AvgIpc) is 3.02. The molecule has 0 aromatic heterocycles. The smallest absolute Gasteiger partial charge is 0.379 e. The summed E-state index contributed by atoms with van der Waals surface area (Å²) < 4.78 is 44.2. The first-order valence-electron chi connectivity index (χ1n) is 8.95. The van der Waals surface area contributed by atoms with Crippen molar-refractivity contribution in [3.8, 4) is 0 Å². The molecule has 3 rings (SSSR count). The monoisotopic (exact) mass is 384 g/mol. The number of carbonyl (C=O) groups excluding carboxylic acids is 2. The summed E-state index contributed by atoms with van der Waals surface area (Å²) in [4.78, 5) is 25.8. The van der Waals surface area contributed by atoms with E-state index in [1.165, 1.54) is 19.1 Å². The van der Waals surface area contributed by atoms with Crippen LogP contribution >= 0.6 is 0 Å². The van der Waals surface area contributed by atoms with Gasteiger partial charge in [-0.15, -0.1) is 0 Å². The highest BCUT2D eigenvalue weighted by Gasteiger charge is 2.44. The van der Waals surface area contributed by atoms with E-state index in [1.54, 1.807) is 12.0 Å². The molecule has 4 atom stereocenters. The Hall–Kier alpha value is -2.09. The summed E-state index contributed by atoms with van der Waals surface area (Å²) in [6.45, 7) is 2.43. The minimum absolute atomic E-state index is 0.0465. The number of nitrogens with zero attached hydrogens (tertiary/aromatic N) is 1. The van der Waals surface area contributed by atoms with E-state index >= 15 is 0 Å². The molecule has 2 aliphatic rings. The van der Waals surface area contributed by atoms with Crippen LogP contribution in [0.4, 0.5) is 13.2 Å². The lowest BCUT2D eigenvalue weighted by molar-refractivity contribution is -0.137. The number of carbonyl (C=O) groups is 2. The van der Waals surface area contributed by atoms with Crippen molar-refractivity contribution in [3.05, 3.63) is 35.4 Å². The van der Waals surface area contributed by atoms with Crippen molar-refractivity contribution in [1.29, 1.82) is 0 Å². The number of fused-ring (bicyclic) bond motifs is 1. The molecule has 2 fully saturated rings. The maximum Gasteiger partial charge on any atom is 0.416 e. The van der Waals surface area contributed by atoms with Crippen molar-refractivity contribution in [3.63, 3.8) is 0 Å². The number of amides is 2. The van der Waals surface area contributed by atoms with Gasteiger partial charge in [-0.1, -0.05) is 6.07 Å². The van der Waals surface area contributed by atoms with Crippen molar-refractivity contribution in [2.45, 2.75) is 38.1 Å². The van der Waals surface area contributed by atoms with Gasteiger partial charge in [0.25, 0.3) is 5.91 Å². The molecule has 1 aliphatic heterocycles. The molecule has 1 heterocycles. The minimum Gasteiger partial charge on any atom is -0.379 e. The van der Waals surface area contributed by atoms with Crippen LogP contribution in [0.15, 0.2) is 24.3 Å². The number of ether oxygens (including phenoxy) is 1. The van der Waals surface area contributed by atoms with Crippen LogP contribution in [0.1, 0.15) is 35.7 Å². The number of methoxy groups -OCH3 is 1. The second kappa shape index (κ2) is 7.50. The molecular weight excluding hydrogens is 361 g/mol. The Bertz CT molecular complexity index is 722. The van der Waals surface area contributed by atoms with Crippen molar-refractivity contribution >= 4 is 11.8 Å². The normalized spacial score (nSPS) is 28.0. The summed E-state index contributed by atoms with van der Waals surface area (Å²) in [5, 5.41) is 2.90. The number of hydrogen-bond donors (Lipinski definition) is 1. The fourth-order valence-electron chi connectivity index (χ4n) is 4.26. The molecule has 8 heteroatoms. The molecule has 1 aromatic carbocycles. The number of hydrogen-bond acceptors (Lipinski definition) is 3. The number of halogens is 3. The van der Waals surface area contributed by atoms with Crippen LogP contribution in [-0.4, -0.2) is 49.1 Å². The third-order valence-electron chi connectivity index (χ3n) is 5.53. The first kappa shape index (κ1) is 19.7. The van der Waals surface area contributed by atoms with E-state index in [-0.39, 0.29) is 41.4 Å². The summed E-state index contributed by atoms with van der Waals surface area (Å²) in [7, 11) is 1.60. The van der Waals surface area contributed by atoms with E-state index in [9.17, 15) is 22.8 Å². The lowest BCUT2D eigenvalue weighted by Gasteiger charge is -2.37. The Morgan fingerprint density at radius 2 is 1.85 bits per heavy atom. The second-order valence-corrected chi connectivity index (χ2v) is 7.36. The molecule has 0 unspecified atom stereocenters. The zero-order valence-corrected chi connectivity index (χ0v) is 15.3. The highest BCUT2D eigenvalue weighted by Crippen LogP contribution is 2.38. The second-order valence-electron chi connectivity index (χ2n) is 7.36. The van der Waals surface area contributed by atoms with Crippen LogP contribution in [-0.2, 0) is 15.7 Å². The average molecular weight is 384 g/mol. The molecule has 1 saturated carbocycles. The molecule has 0 radical (unpaired) electrons. The fourth-order valence-corrected chi connectivity index (χ4v) is 4.26. The number of alkyl halides is 3.